The molecule has 1 heterocycles. The summed E-state index contributed by atoms with van der Waals surface area (Å²) in [5, 5.41) is 3.31. The van der Waals surface area contributed by atoms with Crippen LogP contribution in [0.2, 0.25) is 0 Å². The Bertz CT molecular complexity index is 375. The standard InChI is InChI=1S/C11H12N2O/c1-8-9-6-4-5-7-10(9)11(14)13(8)12(2)3/h4-7H,1H2,2-3H3. The second-order valence-corrected chi connectivity index (χ2v) is 3.46. The first-order valence-electron chi connectivity index (χ1n) is 4.43. The molecule has 0 spiro atoms. The zero-order chi connectivity index (χ0) is 10.3. The van der Waals surface area contributed by atoms with E-state index in [0.717, 1.165) is 16.8 Å². The number of nitrogens with zero attached hydrogens (tertiary/aromatic N) is 2. The molecule has 0 fully saturated rings. The summed E-state index contributed by atoms with van der Waals surface area (Å²) in [7, 11) is 3.66. The van der Waals surface area contributed by atoms with E-state index in [1.54, 1.807) is 10.0 Å². The van der Waals surface area contributed by atoms with Gasteiger partial charge in [-0.3, -0.25) is 4.79 Å². The minimum atomic E-state index is -0.00407. The second kappa shape index (κ2) is 2.96. The van der Waals surface area contributed by atoms with Crippen LogP contribution in [0, 0.1) is 0 Å². The van der Waals surface area contributed by atoms with E-state index >= 15 is 0 Å². The Morgan fingerprint density at radius 1 is 1.21 bits per heavy atom. The minimum absolute atomic E-state index is 0.00407. The van der Waals surface area contributed by atoms with Crippen molar-refractivity contribution in [3.8, 4) is 0 Å². The van der Waals surface area contributed by atoms with E-state index in [2.05, 4.69) is 6.58 Å². The summed E-state index contributed by atoms with van der Waals surface area (Å²) >= 11 is 0. The highest BCUT2D eigenvalue weighted by Gasteiger charge is 2.31. The molecular formula is C11H12N2O. The smallest absolute Gasteiger partial charge is 0.267 e. The number of carbonyl (C=O) groups is 1. The molecule has 0 N–H and O–H groups in total. The van der Waals surface area contributed by atoms with E-state index in [1.165, 1.54) is 0 Å². The Morgan fingerprint density at radius 3 is 2.29 bits per heavy atom. The molecule has 0 aromatic heterocycles. The molecule has 0 saturated heterocycles. The van der Waals surface area contributed by atoms with Gasteiger partial charge in [0.25, 0.3) is 5.91 Å². The van der Waals surface area contributed by atoms with Gasteiger partial charge in [-0.05, 0) is 6.07 Å². The van der Waals surface area contributed by atoms with Crippen LogP contribution in [0.1, 0.15) is 15.9 Å². The maximum atomic E-state index is 11.9. The van der Waals surface area contributed by atoms with Gasteiger partial charge in [0.05, 0.1) is 11.3 Å². The highest BCUT2D eigenvalue weighted by atomic mass is 16.2. The Labute approximate surface area is 83.2 Å². The third kappa shape index (κ3) is 1.06. The van der Waals surface area contributed by atoms with Crippen LogP contribution in [0.3, 0.4) is 0 Å². The molecule has 0 aliphatic carbocycles. The molecule has 2 rings (SSSR count). The summed E-state index contributed by atoms with van der Waals surface area (Å²) in [6, 6.07) is 7.52. The van der Waals surface area contributed by atoms with Crippen LogP contribution >= 0.6 is 0 Å². The summed E-state index contributed by atoms with van der Waals surface area (Å²) in [6.45, 7) is 3.91. The largest absolute Gasteiger partial charge is 0.273 e. The first-order chi connectivity index (χ1) is 6.63. The maximum absolute atomic E-state index is 11.9. The topological polar surface area (TPSA) is 23.6 Å². The lowest BCUT2D eigenvalue weighted by Gasteiger charge is -2.24. The first kappa shape index (κ1) is 8.97. The van der Waals surface area contributed by atoms with Gasteiger partial charge in [-0.2, -0.15) is 0 Å². The van der Waals surface area contributed by atoms with Gasteiger partial charge in [-0.1, -0.05) is 24.8 Å². The van der Waals surface area contributed by atoms with Gasteiger partial charge < -0.3 is 0 Å². The molecule has 14 heavy (non-hydrogen) atoms. The maximum Gasteiger partial charge on any atom is 0.273 e. The third-order valence-corrected chi connectivity index (χ3v) is 2.32. The van der Waals surface area contributed by atoms with Crippen LogP contribution in [-0.4, -0.2) is 30.0 Å². The summed E-state index contributed by atoms with van der Waals surface area (Å²) in [5.74, 6) is -0.00407. The lowest BCUT2D eigenvalue weighted by molar-refractivity contribution is 0.0522. The number of amides is 1. The fourth-order valence-electron chi connectivity index (χ4n) is 1.70. The van der Waals surface area contributed by atoms with Gasteiger partial charge in [0, 0.05) is 19.7 Å². The average molecular weight is 188 g/mol. The predicted octanol–water partition coefficient (Wildman–Crippen LogP) is 1.59. The highest BCUT2D eigenvalue weighted by Crippen LogP contribution is 2.31. The predicted molar refractivity (Wildman–Crippen MR) is 55.3 cm³/mol. The third-order valence-electron chi connectivity index (χ3n) is 2.32. The van der Waals surface area contributed by atoms with Gasteiger partial charge >= 0.3 is 0 Å². The van der Waals surface area contributed by atoms with Crippen molar-refractivity contribution in [1.29, 1.82) is 0 Å². The van der Waals surface area contributed by atoms with E-state index in [0.29, 0.717) is 0 Å². The van der Waals surface area contributed by atoms with Crippen molar-refractivity contribution in [2.45, 2.75) is 0 Å². The summed E-state index contributed by atoms with van der Waals surface area (Å²) < 4.78 is 0. The average Bonchev–Trinajstić information content (AvgIpc) is 2.41. The van der Waals surface area contributed by atoms with Crippen LogP contribution in [0.15, 0.2) is 30.8 Å². The van der Waals surface area contributed by atoms with E-state index < -0.39 is 0 Å². The molecule has 1 amide bonds. The quantitative estimate of drug-likeness (QED) is 0.668. The molecule has 72 valence electrons. The van der Waals surface area contributed by atoms with Crippen LogP contribution < -0.4 is 0 Å². The zero-order valence-corrected chi connectivity index (χ0v) is 8.32. The minimum Gasteiger partial charge on any atom is -0.267 e. The van der Waals surface area contributed by atoms with E-state index in [1.807, 2.05) is 38.4 Å². The summed E-state index contributed by atoms with van der Waals surface area (Å²) in [4.78, 5) is 11.9. The lowest BCUT2D eigenvalue weighted by atomic mass is 10.1. The zero-order valence-electron chi connectivity index (χ0n) is 8.32. The van der Waals surface area contributed by atoms with Crippen molar-refractivity contribution in [1.82, 2.24) is 10.0 Å². The molecule has 0 atom stereocenters. The number of fused-ring (bicyclic) bond motifs is 1. The number of benzene rings is 1. The fraction of sp³-hybridized carbons (Fsp3) is 0.182. The molecule has 1 aliphatic heterocycles. The summed E-state index contributed by atoms with van der Waals surface area (Å²) in [6.07, 6.45) is 0. The van der Waals surface area contributed by atoms with Crippen molar-refractivity contribution in [2.24, 2.45) is 0 Å². The van der Waals surface area contributed by atoms with Gasteiger partial charge in [-0.25, -0.2) is 10.0 Å². The molecular weight excluding hydrogens is 176 g/mol. The van der Waals surface area contributed by atoms with Crippen molar-refractivity contribution < 1.29 is 4.79 Å². The summed E-state index contributed by atoms with van der Waals surface area (Å²) in [5.41, 5.74) is 2.40. The van der Waals surface area contributed by atoms with Crippen molar-refractivity contribution in [3.05, 3.63) is 42.0 Å². The number of hydrazine groups is 1. The fourth-order valence-corrected chi connectivity index (χ4v) is 1.70. The van der Waals surface area contributed by atoms with E-state index in [-0.39, 0.29) is 5.91 Å². The van der Waals surface area contributed by atoms with Crippen molar-refractivity contribution in [2.75, 3.05) is 14.1 Å². The lowest BCUT2D eigenvalue weighted by Crippen LogP contribution is -2.35. The molecule has 1 aromatic rings. The molecule has 3 nitrogen and oxygen atoms in total. The Balaban J connectivity index is 2.54. The van der Waals surface area contributed by atoms with Crippen LogP contribution in [0.4, 0.5) is 0 Å². The second-order valence-electron chi connectivity index (χ2n) is 3.46. The molecule has 0 saturated carbocycles. The van der Waals surface area contributed by atoms with Gasteiger partial charge in [0.15, 0.2) is 0 Å². The van der Waals surface area contributed by atoms with Crippen LogP contribution in [0.5, 0.6) is 0 Å². The van der Waals surface area contributed by atoms with Crippen LogP contribution in [-0.2, 0) is 0 Å². The Hall–Kier alpha value is -1.61. The molecule has 1 aromatic carbocycles. The molecule has 0 unspecified atom stereocenters. The molecule has 3 heteroatoms. The number of hydrogen-bond donors (Lipinski definition) is 0. The number of rotatable bonds is 1. The monoisotopic (exact) mass is 188 g/mol. The van der Waals surface area contributed by atoms with Gasteiger partial charge in [0.2, 0.25) is 0 Å². The van der Waals surface area contributed by atoms with Crippen molar-refractivity contribution in [3.63, 3.8) is 0 Å². The number of carbonyl (C=O) groups excluding carboxylic acids is 1. The molecule has 0 radical (unpaired) electrons. The molecule has 0 bridgehead atoms. The SMILES string of the molecule is C=C1c2ccccc2C(=O)N1N(C)C. The molecule has 1 aliphatic rings. The Kier molecular flexibility index (Phi) is 1.89. The highest BCUT2D eigenvalue weighted by molar-refractivity contribution is 6.08. The van der Waals surface area contributed by atoms with Gasteiger partial charge in [0.1, 0.15) is 0 Å². The van der Waals surface area contributed by atoms with E-state index in [4.69, 9.17) is 0 Å². The Morgan fingerprint density at radius 2 is 1.79 bits per heavy atom. The first-order valence-corrected chi connectivity index (χ1v) is 4.43. The van der Waals surface area contributed by atoms with E-state index in [9.17, 15) is 4.79 Å². The normalized spacial score (nSPS) is 15.2. The van der Waals surface area contributed by atoms with Crippen molar-refractivity contribution >= 4 is 11.6 Å². The number of hydrogen-bond acceptors (Lipinski definition) is 2. The van der Waals surface area contributed by atoms with Gasteiger partial charge in [-0.15, -0.1) is 0 Å². The van der Waals surface area contributed by atoms with Crippen LogP contribution in [0.25, 0.3) is 5.70 Å².